The number of nitrogens with one attached hydrogen (secondary N) is 1. The maximum atomic E-state index is 6.09. The Balaban J connectivity index is 1.80. The zero-order valence-electron chi connectivity index (χ0n) is 11.4. The molecule has 0 bridgehead atoms. The lowest BCUT2D eigenvalue weighted by Gasteiger charge is -2.35. The van der Waals surface area contributed by atoms with Crippen LogP contribution in [0.3, 0.4) is 0 Å². The van der Waals surface area contributed by atoms with E-state index in [2.05, 4.69) is 24.1 Å². The van der Waals surface area contributed by atoms with E-state index in [0.29, 0.717) is 0 Å². The normalized spacial score (nSPS) is 29.7. The fourth-order valence-corrected chi connectivity index (χ4v) is 4.27. The summed E-state index contributed by atoms with van der Waals surface area (Å²) in [4.78, 5) is 2.57. The van der Waals surface area contributed by atoms with Crippen molar-refractivity contribution in [1.82, 2.24) is 10.2 Å². The van der Waals surface area contributed by atoms with E-state index in [-0.39, 0.29) is 5.54 Å². The maximum absolute atomic E-state index is 6.09. The van der Waals surface area contributed by atoms with Gasteiger partial charge in [-0.1, -0.05) is 23.2 Å². The summed E-state index contributed by atoms with van der Waals surface area (Å²) in [5.41, 5.74) is 1.45. The SMILES string of the molecule is CC1(C)C2CNCC2CN1Cc1cc(Cl)cc(Cl)c1. The van der Waals surface area contributed by atoms with E-state index < -0.39 is 0 Å². The molecule has 19 heavy (non-hydrogen) atoms. The van der Waals surface area contributed by atoms with Crippen molar-refractivity contribution in [3.63, 3.8) is 0 Å². The lowest BCUT2D eigenvalue weighted by atomic mass is 9.85. The highest BCUT2D eigenvalue weighted by molar-refractivity contribution is 6.34. The number of hydrogen-bond acceptors (Lipinski definition) is 2. The molecule has 0 saturated carbocycles. The van der Waals surface area contributed by atoms with Gasteiger partial charge in [0.15, 0.2) is 0 Å². The molecular weight excluding hydrogens is 279 g/mol. The number of benzene rings is 1. The van der Waals surface area contributed by atoms with Gasteiger partial charge in [0.2, 0.25) is 0 Å². The molecule has 104 valence electrons. The van der Waals surface area contributed by atoms with Crippen molar-refractivity contribution < 1.29 is 0 Å². The third-order valence-corrected chi connectivity index (χ3v) is 5.25. The Labute approximate surface area is 125 Å². The van der Waals surface area contributed by atoms with Crippen LogP contribution in [0.15, 0.2) is 18.2 Å². The molecule has 2 nitrogen and oxygen atoms in total. The fraction of sp³-hybridized carbons (Fsp3) is 0.600. The highest BCUT2D eigenvalue weighted by Crippen LogP contribution is 2.41. The Hall–Kier alpha value is -0.280. The van der Waals surface area contributed by atoms with Gasteiger partial charge in [0.1, 0.15) is 0 Å². The Morgan fingerprint density at radius 2 is 1.89 bits per heavy atom. The monoisotopic (exact) mass is 298 g/mol. The molecule has 0 radical (unpaired) electrons. The summed E-state index contributed by atoms with van der Waals surface area (Å²) in [6.45, 7) is 9.11. The minimum atomic E-state index is 0.239. The summed E-state index contributed by atoms with van der Waals surface area (Å²) in [5.74, 6) is 1.53. The molecule has 2 unspecified atom stereocenters. The summed E-state index contributed by atoms with van der Waals surface area (Å²) in [5, 5.41) is 4.96. The number of nitrogens with zero attached hydrogens (tertiary/aromatic N) is 1. The number of halogens is 2. The summed E-state index contributed by atoms with van der Waals surface area (Å²) in [6.07, 6.45) is 0. The Morgan fingerprint density at radius 3 is 2.53 bits per heavy atom. The van der Waals surface area contributed by atoms with Crippen molar-refractivity contribution in [3.8, 4) is 0 Å². The van der Waals surface area contributed by atoms with Crippen LogP contribution in [0.4, 0.5) is 0 Å². The number of likely N-dealkylation sites (tertiary alicyclic amines) is 1. The van der Waals surface area contributed by atoms with Crippen molar-refractivity contribution >= 4 is 23.2 Å². The molecule has 1 aromatic carbocycles. The van der Waals surface area contributed by atoms with Crippen molar-refractivity contribution in [2.75, 3.05) is 19.6 Å². The lowest BCUT2D eigenvalue weighted by molar-refractivity contribution is 0.132. The second-order valence-corrected chi connectivity index (χ2v) is 7.21. The topological polar surface area (TPSA) is 15.3 Å². The summed E-state index contributed by atoms with van der Waals surface area (Å²) in [6, 6.07) is 5.84. The quantitative estimate of drug-likeness (QED) is 0.900. The van der Waals surface area contributed by atoms with E-state index in [1.807, 2.05) is 12.1 Å². The van der Waals surface area contributed by atoms with Crippen molar-refractivity contribution in [2.24, 2.45) is 11.8 Å². The van der Waals surface area contributed by atoms with Crippen LogP contribution in [0.25, 0.3) is 0 Å². The molecule has 0 amide bonds. The molecule has 1 aromatic rings. The molecule has 2 aliphatic heterocycles. The first kappa shape index (κ1) is 13.7. The lowest BCUT2D eigenvalue weighted by Crippen LogP contribution is -2.43. The van der Waals surface area contributed by atoms with Gasteiger partial charge in [-0.3, -0.25) is 4.90 Å². The fourth-order valence-electron chi connectivity index (χ4n) is 3.70. The molecule has 2 aliphatic rings. The van der Waals surface area contributed by atoms with Crippen LogP contribution in [0.5, 0.6) is 0 Å². The Kier molecular flexibility index (Phi) is 3.55. The molecule has 2 atom stereocenters. The van der Waals surface area contributed by atoms with E-state index in [1.165, 1.54) is 5.56 Å². The molecule has 0 aromatic heterocycles. The number of hydrogen-bond donors (Lipinski definition) is 1. The second kappa shape index (κ2) is 4.92. The summed E-state index contributed by atoms with van der Waals surface area (Å²) in [7, 11) is 0. The van der Waals surface area contributed by atoms with E-state index >= 15 is 0 Å². The zero-order valence-corrected chi connectivity index (χ0v) is 12.9. The molecule has 4 heteroatoms. The predicted octanol–water partition coefficient (Wildman–Crippen LogP) is 3.42. The molecule has 1 N–H and O–H groups in total. The van der Waals surface area contributed by atoms with Gasteiger partial charge in [0, 0.05) is 35.2 Å². The van der Waals surface area contributed by atoms with Gasteiger partial charge in [-0.2, -0.15) is 0 Å². The second-order valence-electron chi connectivity index (χ2n) is 6.34. The van der Waals surface area contributed by atoms with Crippen LogP contribution in [0, 0.1) is 11.8 Å². The minimum Gasteiger partial charge on any atom is -0.316 e. The van der Waals surface area contributed by atoms with Crippen LogP contribution in [0.2, 0.25) is 10.0 Å². The van der Waals surface area contributed by atoms with Gasteiger partial charge in [-0.25, -0.2) is 0 Å². The molecule has 2 heterocycles. The van der Waals surface area contributed by atoms with Crippen LogP contribution >= 0.6 is 23.2 Å². The first-order valence-corrected chi connectivity index (χ1v) is 7.63. The average molecular weight is 299 g/mol. The molecular formula is C15H20Cl2N2. The molecule has 2 saturated heterocycles. The third kappa shape index (κ3) is 2.52. The van der Waals surface area contributed by atoms with Gasteiger partial charge in [0.05, 0.1) is 0 Å². The van der Waals surface area contributed by atoms with E-state index in [1.54, 1.807) is 6.07 Å². The first-order chi connectivity index (χ1) is 8.96. The van der Waals surface area contributed by atoms with Crippen LogP contribution in [-0.4, -0.2) is 30.1 Å². The van der Waals surface area contributed by atoms with E-state index in [9.17, 15) is 0 Å². The number of fused-ring (bicyclic) bond motifs is 1. The predicted molar refractivity (Wildman–Crippen MR) is 80.8 cm³/mol. The average Bonchev–Trinajstić information content (AvgIpc) is 2.82. The van der Waals surface area contributed by atoms with Crippen LogP contribution < -0.4 is 5.32 Å². The van der Waals surface area contributed by atoms with Gasteiger partial charge in [-0.15, -0.1) is 0 Å². The Bertz CT molecular complexity index is 467. The van der Waals surface area contributed by atoms with E-state index in [4.69, 9.17) is 23.2 Å². The summed E-state index contributed by atoms with van der Waals surface area (Å²) < 4.78 is 0. The smallest absolute Gasteiger partial charge is 0.0424 e. The van der Waals surface area contributed by atoms with Gasteiger partial charge in [0.25, 0.3) is 0 Å². The minimum absolute atomic E-state index is 0.239. The highest BCUT2D eigenvalue weighted by Gasteiger charge is 2.49. The van der Waals surface area contributed by atoms with Crippen LogP contribution in [-0.2, 0) is 6.54 Å². The molecule has 2 fully saturated rings. The van der Waals surface area contributed by atoms with Crippen LogP contribution in [0.1, 0.15) is 19.4 Å². The largest absolute Gasteiger partial charge is 0.316 e. The zero-order chi connectivity index (χ0) is 13.6. The highest BCUT2D eigenvalue weighted by atomic mass is 35.5. The Morgan fingerprint density at radius 1 is 1.21 bits per heavy atom. The van der Waals surface area contributed by atoms with E-state index in [0.717, 1.165) is 48.1 Å². The first-order valence-electron chi connectivity index (χ1n) is 6.87. The maximum Gasteiger partial charge on any atom is 0.0424 e. The molecule has 3 rings (SSSR count). The van der Waals surface area contributed by atoms with Crippen molar-refractivity contribution in [1.29, 1.82) is 0 Å². The summed E-state index contributed by atoms with van der Waals surface area (Å²) >= 11 is 12.2. The van der Waals surface area contributed by atoms with Gasteiger partial charge in [-0.05, 0) is 56.0 Å². The standard InChI is InChI=1S/C15H20Cl2N2/c1-15(2)14-7-18-6-11(14)9-19(15)8-10-3-12(16)5-13(17)4-10/h3-5,11,14,18H,6-9H2,1-2H3. The van der Waals surface area contributed by atoms with Crippen molar-refractivity contribution in [3.05, 3.63) is 33.8 Å². The number of rotatable bonds is 2. The molecule has 0 spiro atoms. The third-order valence-electron chi connectivity index (χ3n) is 4.81. The molecule has 0 aliphatic carbocycles. The van der Waals surface area contributed by atoms with Gasteiger partial charge >= 0.3 is 0 Å². The van der Waals surface area contributed by atoms with Gasteiger partial charge < -0.3 is 5.32 Å². The van der Waals surface area contributed by atoms with Crippen molar-refractivity contribution in [2.45, 2.75) is 25.9 Å².